The van der Waals surface area contributed by atoms with Gasteiger partial charge in [-0.25, -0.2) is 8.42 Å². The van der Waals surface area contributed by atoms with Gasteiger partial charge in [0.25, 0.3) is 9.05 Å². The predicted molar refractivity (Wildman–Crippen MR) is 63.1 cm³/mol. The molecule has 0 fully saturated rings. The summed E-state index contributed by atoms with van der Waals surface area (Å²) < 4.78 is 22.7. The molecule has 0 saturated carbocycles. The molecule has 0 unspecified atom stereocenters. The number of hydrogen-bond acceptors (Lipinski definition) is 3. The van der Waals surface area contributed by atoms with E-state index in [-0.39, 0.29) is 16.3 Å². The predicted octanol–water partition coefficient (Wildman–Crippen LogP) is 2.79. The molecule has 0 atom stereocenters. The number of hydrogen-bond donors (Lipinski definition) is 0. The second-order valence-electron chi connectivity index (χ2n) is 3.17. The van der Waals surface area contributed by atoms with E-state index in [9.17, 15) is 8.42 Å². The standard InChI is InChI=1S/C10H9Cl2NO2S/c1-2-7-3-8(5-11)10(16(12,14)15)9(4-7)6-13/h3-4H,2,5H2,1H3. The molecule has 0 spiro atoms. The highest BCUT2D eigenvalue weighted by molar-refractivity contribution is 8.13. The maximum atomic E-state index is 11.3. The topological polar surface area (TPSA) is 57.9 Å². The third-order valence-corrected chi connectivity index (χ3v) is 3.86. The first-order valence-corrected chi connectivity index (χ1v) is 7.35. The van der Waals surface area contributed by atoms with E-state index in [1.807, 2.05) is 13.0 Å². The Morgan fingerprint density at radius 2 is 2.06 bits per heavy atom. The van der Waals surface area contributed by atoms with Crippen LogP contribution in [0.5, 0.6) is 0 Å². The summed E-state index contributed by atoms with van der Waals surface area (Å²) in [7, 11) is 1.34. The first-order chi connectivity index (χ1) is 7.43. The fourth-order valence-electron chi connectivity index (χ4n) is 1.43. The van der Waals surface area contributed by atoms with Crippen LogP contribution in [0.3, 0.4) is 0 Å². The average Bonchev–Trinajstić information content (AvgIpc) is 2.25. The molecule has 0 aromatic heterocycles. The Bertz CT molecular complexity index is 547. The van der Waals surface area contributed by atoms with Crippen molar-refractivity contribution in [3.05, 3.63) is 28.8 Å². The van der Waals surface area contributed by atoms with E-state index in [4.69, 9.17) is 27.5 Å². The zero-order chi connectivity index (χ0) is 12.3. The minimum Gasteiger partial charge on any atom is -0.207 e. The Morgan fingerprint density at radius 1 is 1.44 bits per heavy atom. The van der Waals surface area contributed by atoms with Gasteiger partial charge >= 0.3 is 0 Å². The fourth-order valence-corrected chi connectivity index (χ4v) is 3.08. The lowest BCUT2D eigenvalue weighted by Gasteiger charge is -2.08. The summed E-state index contributed by atoms with van der Waals surface area (Å²) in [5.41, 5.74) is 1.27. The molecule has 0 radical (unpaired) electrons. The minimum atomic E-state index is -3.95. The molecular formula is C10H9Cl2NO2S. The zero-order valence-corrected chi connectivity index (χ0v) is 10.8. The Hall–Kier alpha value is -0.760. The van der Waals surface area contributed by atoms with Crippen molar-refractivity contribution >= 4 is 31.3 Å². The summed E-state index contributed by atoms with van der Waals surface area (Å²) in [5, 5.41) is 8.91. The van der Waals surface area contributed by atoms with E-state index < -0.39 is 9.05 Å². The van der Waals surface area contributed by atoms with Gasteiger partial charge in [0.2, 0.25) is 0 Å². The van der Waals surface area contributed by atoms with Crippen LogP contribution >= 0.6 is 22.3 Å². The van der Waals surface area contributed by atoms with Crippen molar-refractivity contribution in [1.82, 2.24) is 0 Å². The van der Waals surface area contributed by atoms with Crippen molar-refractivity contribution in [2.24, 2.45) is 0 Å². The summed E-state index contributed by atoms with van der Waals surface area (Å²) in [6.07, 6.45) is 0.696. The van der Waals surface area contributed by atoms with Crippen LogP contribution in [0.4, 0.5) is 0 Å². The molecule has 1 aromatic rings. The monoisotopic (exact) mass is 277 g/mol. The van der Waals surface area contributed by atoms with Gasteiger partial charge in [-0.3, -0.25) is 0 Å². The molecule has 16 heavy (non-hydrogen) atoms. The summed E-state index contributed by atoms with van der Waals surface area (Å²) in [5.74, 6) is 0.00377. The fraction of sp³-hybridized carbons (Fsp3) is 0.300. The highest BCUT2D eigenvalue weighted by Crippen LogP contribution is 2.27. The molecule has 0 saturated heterocycles. The minimum absolute atomic E-state index is 0.00377. The van der Waals surface area contributed by atoms with Gasteiger partial charge in [-0.1, -0.05) is 13.0 Å². The molecule has 0 aliphatic heterocycles. The number of rotatable bonds is 3. The van der Waals surface area contributed by atoms with Crippen molar-refractivity contribution < 1.29 is 8.42 Å². The van der Waals surface area contributed by atoms with Gasteiger partial charge in [0.05, 0.1) is 5.56 Å². The number of aryl methyl sites for hydroxylation is 1. The van der Waals surface area contributed by atoms with Gasteiger partial charge < -0.3 is 0 Å². The number of nitriles is 1. The van der Waals surface area contributed by atoms with Crippen molar-refractivity contribution in [2.75, 3.05) is 0 Å². The van der Waals surface area contributed by atoms with Gasteiger partial charge in [-0.2, -0.15) is 5.26 Å². The maximum absolute atomic E-state index is 11.3. The molecular weight excluding hydrogens is 269 g/mol. The van der Waals surface area contributed by atoms with E-state index in [0.29, 0.717) is 12.0 Å². The van der Waals surface area contributed by atoms with Crippen molar-refractivity contribution in [3.63, 3.8) is 0 Å². The summed E-state index contributed by atoms with van der Waals surface area (Å²) in [6.45, 7) is 1.91. The molecule has 0 aliphatic carbocycles. The number of benzene rings is 1. The maximum Gasteiger partial charge on any atom is 0.262 e. The molecule has 1 rings (SSSR count). The highest BCUT2D eigenvalue weighted by atomic mass is 35.7. The van der Waals surface area contributed by atoms with Gasteiger partial charge in [0.1, 0.15) is 11.0 Å². The lowest BCUT2D eigenvalue weighted by molar-refractivity contribution is 0.608. The quantitative estimate of drug-likeness (QED) is 0.631. The van der Waals surface area contributed by atoms with Crippen molar-refractivity contribution in [3.8, 4) is 6.07 Å². The largest absolute Gasteiger partial charge is 0.262 e. The smallest absolute Gasteiger partial charge is 0.207 e. The van der Waals surface area contributed by atoms with E-state index in [2.05, 4.69) is 0 Å². The molecule has 0 amide bonds. The molecule has 6 heteroatoms. The number of halogens is 2. The molecule has 0 heterocycles. The summed E-state index contributed by atoms with van der Waals surface area (Å²) in [4.78, 5) is -0.177. The second-order valence-corrected chi connectivity index (χ2v) is 5.94. The lowest BCUT2D eigenvalue weighted by atomic mass is 10.1. The third-order valence-electron chi connectivity index (χ3n) is 2.14. The highest BCUT2D eigenvalue weighted by Gasteiger charge is 2.21. The summed E-state index contributed by atoms with van der Waals surface area (Å²) >= 11 is 5.66. The van der Waals surface area contributed by atoms with E-state index >= 15 is 0 Å². The first kappa shape index (κ1) is 13.3. The van der Waals surface area contributed by atoms with Gasteiger partial charge in [-0.05, 0) is 23.6 Å². The van der Waals surface area contributed by atoms with Crippen molar-refractivity contribution in [1.29, 1.82) is 5.26 Å². The zero-order valence-electron chi connectivity index (χ0n) is 8.50. The van der Waals surface area contributed by atoms with Crippen LogP contribution < -0.4 is 0 Å². The van der Waals surface area contributed by atoms with Crippen LogP contribution in [-0.2, 0) is 21.4 Å². The van der Waals surface area contributed by atoms with Gasteiger partial charge in [0.15, 0.2) is 0 Å². The van der Waals surface area contributed by atoms with Crippen LogP contribution in [-0.4, -0.2) is 8.42 Å². The molecule has 86 valence electrons. The Morgan fingerprint density at radius 3 is 2.44 bits per heavy atom. The van der Waals surface area contributed by atoms with Crippen LogP contribution in [0, 0.1) is 11.3 Å². The number of nitrogens with zero attached hydrogens (tertiary/aromatic N) is 1. The average molecular weight is 278 g/mol. The van der Waals surface area contributed by atoms with Crippen LogP contribution in [0.15, 0.2) is 17.0 Å². The Labute approximate surface area is 104 Å². The molecule has 0 bridgehead atoms. The van der Waals surface area contributed by atoms with E-state index in [1.54, 1.807) is 6.07 Å². The molecule has 0 aliphatic rings. The molecule has 1 aromatic carbocycles. The Kier molecular flexibility index (Phi) is 4.20. The Balaban J connectivity index is 3.65. The van der Waals surface area contributed by atoms with Crippen molar-refractivity contribution in [2.45, 2.75) is 24.1 Å². The third kappa shape index (κ3) is 2.67. The SMILES string of the molecule is CCc1cc(C#N)c(S(=O)(=O)Cl)c(CCl)c1. The van der Waals surface area contributed by atoms with Gasteiger partial charge in [0, 0.05) is 16.6 Å². The van der Waals surface area contributed by atoms with Crippen LogP contribution in [0.25, 0.3) is 0 Å². The molecule has 0 N–H and O–H groups in total. The second kappa shape index (κ2) is 5.05. The lowest BCUT2D eigenvalue weighted by Crippen LogP contribution is -2.02. The van der Waals surface area contributed by atoms with Gasteiger partial charge in [-0.15, -0.1) is 11.6 Å². The van der Waals surface area contributed by atoms with Crippen LogP contribution in [0.2, 0.25) is 0 Å². The number of alkyl halides is 1. The van der Waals surface area contributed by atoms with Crippen LogP contribution in [0.1, 0.15) is 23.6 Å². The van der Waals surface area contributed by atoms with E-state index in [1.165, 1.54) is 6.07 Å². The normalized spacial score (nSPS) is 11.1. The first-order valence-electron chi connectivity index (χ1n) is 4.50. The van der Waals surface area contributed by atoms with E-state index in [0.717, 1.165) is 5.56 Å². The summed E-state index contributed by atoms with van der Waals surface area (Å²) in [6, 6.07) is 5.00. The molecule has 3 nitrogen and oxygen atoms in total.